The van der Waals surface area contributed by atoms with E-state index in [1.165, 1.54) is 0 Å². The maximum atomic E-state index is 12.1. The Labute approximate surface area is 115 Å². The molecule has 1 aliphatic carbocycles. The molecular weight excluding hydrogens is 242 g/mol. The van der Waals surface area contributed by atoms with Crippen LogP contribution in [-0.2, 0) is 9.53 Å². The molecule has 0 aromatic rings. The van der Waals surface area contributed by atoms with Gasteiger partial charge in [-0.1, -0.05) is 12.8 Å². The third kappa shape index (κ3) is 3.91. The molecule has 5 heteroatoms. The number of ether oxygens (including phenoxy) is 1. The van der Waals surface area contributed by atoms with Gasteiger partial charge in [-0.25, -0.2) is 0 Å². The topological polar surface area (TPSA) is 67.6 Å². The van der Waals surface area contributed by atoms with Gasteiger partial charge in [0.25, 0.3) is 0 Å². The Morgan fingerprint density at radius 1 is 1.37 bits per heavy atom. The molecule has 1 amide bonds. The van der Waals surface area contributed by atoms with E-state index < -0.39 is 5.54 Å². The minimum Gasteiger partial charge on any atom is -0.373 e. The van der Waals surface area contributed by atoms with Gasteiger partial charge in [-0.05, 0) is 26.7 Å². The van der Waals surface area contributed by atoms with Crippen molar-refractivity contribution >= 4 is 5.91 Å². The van der Waals surface area contributed by atoms with E-state index in [-0.39, 0.29) is 11.5 Å². The highest BCUT2D eigenvalue weighted by Gasteiger charge is 2.36. The summed E-state index contributed by atoms with van der Waals surface area (Å²) in [5.74, 6) is 0.0255. The molecule has 2 rings (SSSR count). The number of nitrogens with zero attached hydrogens (tertiary/aromatic N) is 1. The van der Waals surface area contributed by atoms with Gasteiger partial charge >= 0.3 is 0 Å². The molecule has 0 aromatic carbocycles. The van der Waals surface area contributed by atoms with Crippen LogP contribution in [0.1, 0.15) is 39.5 Å². The first-order valence-corrected chi connectivity index (χ1v) is 7.35. The molecule has 0 spiro atoms. The first kappa shape index (κ1) is 14.8. The first-order valence-electron chi connectivity index (χ1n) is 7.35. The number of nitrogens with two attached hydrogens (primary N) is 1. The average molecular weight is 269 g/mol. The van der Waals surface area contributed by atoms with Crippen molar-refractivity contribution in [1.82, 2.24) is 10.2 Å². The molecule has 2 aliphatic rings. The number of amides is 1. The molecule has 110 valence electrons. The van der Waals surface area contributed by atoms with Crippen molar-refractivity contribution in [3.8, 4) is 0 Å². The summed E-state index contributed by atoms with van der Waals surface area (Å²) < 4.78 is 5.67. The Hall–Kier alpha value is -0.650. The normalized spacial score (nSPS) is 26.3. The zero-order valence-electron chi connectivity index (χ0n) is 12.2. The van der Waals surface area contributed by atoms with Gasteiger partial charge in [-0.2, -0.15) is 0 Å². The summed E-state index contributed by atoms with van der Waals surface area (Å²) in [4.78, 5) is 14.4. The van der Waals surface area contributed by atoms with Crippen molar-refractivity contribution in [2.45, 2.75) is 50.7 Å². The second-order valence-electron chi connectivity index (χ2n) is 6.50. The Kier molecular flexibility index (Phi) is 4.48. The number of hydrogen-bond acceptors (Lipinski definition) is 4. The molecule has 1 heterocycles. The second kappa shape index (κ2) is 5.77. The lowest BCUT2D eigenvalue weighted by molar-refractivity contribution is -0.126. The van der Waals surface area contributed by atoms with Gasteiger partial charge in [0, 0.05) is 26.2 Å². The highest BCUT2D eigenvalue weighted by atomic mass is 16.5. The van der Waals surface area contributed by atoms with Crippen LogP contribution in [0.25, 0.3) is 0 Å². The number of nitrogens with one attached hydrogen (secondary N) is 1. The minimum atomic E-state index is -0.607. The molecule has 1 saturated carbocycles. The Bertz CT molecular complexity index is 325. The van der Waals surface area contributed by atoms with Crippen LogP contribution in [0.3, 0.4) is 0 Å². The minimum absolute atomic E-state index is 0.0255. The maximum absolute atomic E-state index is 12.1. The molecular formula is C14H27N3O2. The number of rotatable bonds is 4. The van der Waals surface area contributed by atoms with Crippen molar-refractivity contribution in [3.05, 3.63) is 0 Å². The van der Waals surface area contributed by atoms with E-state index in [1.54, 1.807) is 0 Å². The van der Waals surface area contributed by atoms with Crippen molar-refractivity contribution < 1.29 is 9.53 Å². The highest BCUT2D eigenvalue weighted by Crippen LogP contribution is 2.27. The largest absolute Gasteiger partial charge is 0.373 e. The van der Waals surface area contributed by atoms with Gasteiger partial charge in [0.05, 0.1) is 17.7 Å². The third-order valence-electron chi connectivity index (χ3n) is 4.17. The predicted molar refractivity (Wildman–Crippen MR) is 74.9 cm³/mol. The summed E-state index contributed by atoms with van der Waals surface area (Å²) in [5.41, 5.74) is 5.43. The first-order chi connectivity index (χ1) is 8.91. The van der Waals surface area contributed by atoms with Crippen LogP contribution >= 0.6 is 0 Å². The molecule has 0 bridgehead atoms. The standard InChI is InChI=1S/C14H27N3O2/c1-13(2)11-17(9-10-19-13)8-7-16-12(18)14(15)5-3-4-6-14/h3-11,15H2,1-2H3,(H,16,18). The van der Waals surface area contributed by atoms with E-state index in [2.05, 4.69) is 24.1 Å². The van der Waals surface area contributed by atoms with Gasteiger partial charge in [-0.3, -0.25) is 9.69 Å². The van der Waals surface area contributed by atoms with Gasteiger partial charge in [0.1, 0.15) is 0 Å². The molecule has 1 aliphatic heterocycles. The summed E-state index contributed by atoms with van der Waals surface area (Å²) in [7, 11) is 0. The Balaban J connectivity index is 1.70. The quantitative estimate of drug-likeness (QED) is 0.779. The molecule has 19 heavy (non-hydrogen) atoms. The van der Waals surface area contributed by atoms with E-state index in [0.717, 1.165) is 51.9 Å². The third-order valence-corrected chi connectivity index (χ3v) is 4.17. The fourth-order valence-corrected chi connectivity index (χ4v) is 3.04. The van der Waals surface area contributed by atoms with Gasteiger partial charge in [0.15, 0.2) is 0 Å². The predicted octanol–water partition coefficient (Wildman–Crippen LogP) is 0.485. The summed E-state index contributed by atoms with van der Waals surface area (Å²) in [6.07, 6.45) is 3.79. The zero-order valence-corrected chi connectivity index (χ0v) is 12.2. The van der Waals surface area contributed by atoms with Crippen LogP contribution < -0.4 is 11.1 Å². The fraction of sp³-hybridized carbons (Fsp3) is 0.929. The molecule has 0 unspecified atom stereocenters. The summed E-state index contributed by atoms with van der Waals surface area (Å²) in [5, 5.41) is 2.99. The second-order valence-corrected chi connectivity index (χ2v) is 6.50. The number of morpholine rings is 1. The maximum Gasteiger partial charge on any atom is 0.240 e. The van der Waals surface area contributed by atoms with Crippen LogP contribution in [0.2, 0.25) is 0 Å². The highest BCUT2D eigenvalue weighted by molar-refractivity contribution is 5.86. The van der Waals surface area contributed by atoms with Gasteiger partial charge in [0.2, 0.25) is 5.91 Å². The van der Waals surface area contributed by atoms with Crippen molar-refractivity contribution in [2.24, 2.45) is 5.73 Å². The lowest BCUT2D eigenvalue weighted by Gasteiger charge is -2.38. The number of hydrogen-bond donors (Lipinski definition) is 2. The van der Waals surface area contributed by atoms with Crippen LogP contribution in [0.4, 0.5) is 0 Å². The van der Waals surface area contributed by atoms with E-state index in [0.29, 0.717) is 6.54 Å². The number of carbonyl (C=O) groups is 1. The molecule has 5 nitrogen and oxygen atoms in total. The van der Waals surface area contributed by atoms with Crippen molar-refractivity contribution in [2.75, 3.05) is 32.8 Å². The van der Waals surface area contributed by atoms with E-state index >= 15 is 0 Å². The van der Waals surface area contributed by atoms with Gasteiger partial charge in [-0.15, -0.1) is 0 Å². The Morgan fingerprint density at radius 3 is 2.68 bits per heavy atom. The Morgan fingerprint density at radius 2 is 2.05 bits per heavy atom. The summed E-state index contributed by atoms with van der Waals surface area (Å²) in [6, 6.07) is 0. The zero-order chi connectivity index (χ0) is 13.9. The summed E-state index contributed by atoms with van der Waals surface area (Å²) >= 11 is 0. The summed E-state index contributed by atoms with van der Waals surface area (Å²) in [6.45, 7) is 8.37. The van der Waals surface area contributed by atoms with Crippen LogP contribution in [0.5, 0.6) is 0 Å². The fourth-order valence-electron chi connectivity index (χ4n) is 3.04. The molecule has 0 aromatic heterocycles. The molecule has 0 atom stereocenters. The van der Waals surface area contributed by atoms with Crippen LogP contribution in [0, 0.1) is 0 Å². The SMILES string of the molecule is CC1(C)CN(CCNC(=O)C2(N)CCCC2)CCO1. The van der Waals surface area contributed by atoms with Crippen molar-refractivity contribution in [1.29, 1.82) is 0 Å². The lowest BCUT2D eigenvalue weighted by atomic mass is 9.98. The average Bonchev–Trinajstić information content (AvgIpc) is 2.76. The molecule has 0 radical (unpaired) electrons. The van der Waals surface area contributed by atoms with Crippen molar-refractivity contribution in [3.63, 3.8) is 0 Å². The molecule has 1 saturated heterocycles. The van der Waals surface area contributed by atoms with Crippen LogP contribution in [0.15, 0.2) is 0 Å². The van der Waals surface area contributed by atoms with E-state index in [1.807, 2.05) is 0 Å². The van der Waals surface area contributed by atoms with Crippen LogP contribution in [-0.4, -0.2) is 54.7 Å². The monoisotopic (exact) mass is 269 g/mol. The molecule has 2 fully saturated rings. The smallest absolute Gasteiger partial charge is 0.240 e. The van der Waals surface area contributed by atoms with E-state index in [4.69, 9.17) is 10.5 Å². The van der Waals surface area contributed by atoms with E-state index in [9.17, 15) is 4.79 Å². The van der Waals surface area contributed by atoms with Gasteiger partial charge < -0.3 is 15.8 Å². The molecule has 3 N–H and O–H groups in total. The number of carbonyl (C=O) groups excluding carboxylic acids is 1. The lowest BCUT2D eigenvalue weighted by Crippen LogP contribution is -2.54.